The highest BCUT2D eigenvalue weighted by molar-refractivity contribution is 7.89. The van der Waals surface area contributed by atoms with Gasteiger partial charge in [-0.15, -0.1) is 0 Å². The molecular weight excluding hydrogens is 350 g/mol. The molecule has 1 aromatic carbocycles. The minimum Gasteiger partial charge on any atom is -0.461 e. The zero-order valence-corrected chi connectivity index (χ0v) is 15.8. The Kier molecular flexibility index (Phi) is 4.65. The molecule has 0 radical (unpaired) electrons. The van der Waals surface area contributed by atoms with E-state index in [-0.39, 0.29) is 17.0 Å². The number of rotatable bonds is 4. The van der Waals surface area contributed by atoms with Gasteiger partial charge in [0, 0.05) is 12.5 Å². The van der Waals surface area contributed by atoms with Crippen molar-refractivity contribution in [1.82, 2.24) is 4.31 Å². The molecule has 2 aliphatic carbocycles. The van der Waals surface area contributed by atoms with Crippen LogP contribution in [-0.4, -0.2) is 37.4 Å². The van der Waals surface area contributed by atoms with Gasteiger partial charge in [-0.2, -0.15) is 4.31 Å². The average molecular weight is 375 g/mol. The van der Waals surface area contributed by atoms with Crippen molar-refractivity contribution < 1.29 is 17.9 Å². The lowest BCUT2D eigenvalue weighted by Crippen LogP contribution is -2.42. The fourth-order valence-corrected chi connectivity index (χ4v) is 6.15. The van der Waals surface area contributed by atoms with Gasteiger partial charge in [-0.1, -0.05) is 29.8 Å². The van der Waals surface area contributed by atoms with Crippen LogP contribution in [0.25, 0.3) is 0 Å². The molecular formula is C20H25NO4S. The van der Waals surface area contributed by atoms with E-state index in [0.717, 1.165) is 24.8 Å². The van der Waals surface area contributed by atoms with Crippen molar-refractivity contribution in [1.29, 1.82) is 0 Å². The van der Waals surface area contributed by atoms with E-state index in [1.807, 2.05) is 6.92 Å². The summed E-state index contributed by atoms with van der Waals surface area (Å²) in [5, 5.41) is 0. The lowest BCUT2D eigenvalue weighted by molar-refractivity contribution is -0.154. The van der Waals surface area contributed by atoms with Gasteiger partial charge < -0.3 is 4.74 Å². The van der Waals surface area contributed by atoms with E-state index < -0.39 is 16.1 Å². The number of fused-ring (bicyclic) bond motifs is 1. The number of carbonyl (C=O) groups excluding carboxylic acids is 1. The zero-order valence-electron chi connectivity index (χ0n) is 15.0. The molecule has 26 heavy (non-hydrogen) atoms. The molecule has 0 unspecified atom stereocenters. The molecule has 0 N–H and O–H groups in total. The van der Waals surface area contributed by atoms with E-state index in [9.17, 15) is 13.2 Å². The molecule has 3 aliphatic rings. The summed E-state index contributed by atoms with van der Waals surface area (Å²) in [6.45, 7) is 2.28. The van der Waals surface area contributed by atoms with Crippen molar-refractivity contribution in [2.45, 2.75) is 56.1 Å². The smallest absolute Gasteiger partial charge is 0.324 e. The second kappa shape index (κ2) is 6.82. The molecule has 0 bridgehead atoms. The molecule has 140 valence electrons. The van der Waals surface area contributed by atoms with Gasteiger partial charge in [-0.3, -0.25) is 4.79 Å². The van der Waals surface area contributed by atoms with Gasteiger partial charge in [0.1, 0.15) is 12.1 Å². The first kappa shape index (κ1) is 17.7. The summed E-state index contributed by atoms with van der Waals surface area (Å²) in [6.07, 6.45) is 8.45. The summed E-state index contributed by atoms with van der Waals surface area (Å²) in [5.41, 5.74) is 1.00. The van der Waals surface area contributed by atoms with Crippen LogP contribution in [0.5, 0.6) is 0 Å². The highest BCUT2D eigenvalue weighted by atomic mass is 32.2. The van der Waals surface area contributed by atoms with Crippen molar-refractivity contribution in [2.24, 2.45) is 11.8 Å². The second-order valence-electron chi connectivity index (χ2n) is 7.64. The molecule has 6 heteroatoms. The van der Waals surface area contributed by atoms with Crippen molar-refractivity contribution in [3.05, 3.63) is 42.0 Å². The Hall–Kier alpha value is -1.66. The third-order valence-corrected chi connectivity index (χ3v) is 7.89. The number of hydrogen-bond acceptors (Lipinski definition) is 4. The van der Waals surface area contributed by atoms with E-state index in [4.69, 9.17) is 4.74 Å². The molecule has 0 spiro atoms. The van der Waals surface area contributed by atoms with Gasteiger partial charge >= 0.3 is 5.97 Å². The fourth-order valence-electron chi connectivity index (χ4n) is 4.51. The minimum absolute atomic E-state index is 0.101. The SMILES string of the molecule is Cc1ccc(S(=O)(=O)N2CCC[C@H]2C(=O)O[C@@H]2CC[C@H]3CC=C[C@@H]32)cc1. The van der Waals surface area contributed by atoms with Crippen molar-refractivity contribution in [3.63, 3.8) is 0 Å². The Morgan fingerprint density at radius 3 is 2.69 bits per heavy atom. The number of hydrogen-bond donors (Lipinski definition) is 0. The molecule has 1 aromatic rings. The summed E-state index contributed by atoms with van der Waals surface area (Å²) in [7, 11) is -3.68. The standard InChI is InChI=1S/C20H25NO4S/c1-14-7-10-16(11-8-14)26(23,24)21-13-3-6-18(21)20(22)25-19-12-9-15-4-2-5-17(15)19/h2,5,7-8,10-11,15,17-19H,3-4,6,9,12-13H2,1H3/t15-,17+,18+,19-/m1/s1. The largest absolute Gasteiger partial charge is 0.461 e. The highest BCUT2D eigenvalue weighted by Crippen LogP contribution is 2.41. The summed E-state index contributed by atoms with van der Waals surface area (Å²) in [5.74, 6) is 0.510. The Morgan fingerprint density at radius 2 is 1.92 bits per heavy atom. The Labute approximate surface area is 155 Å². The molecule has 1 saturated heterocycles. The first-order valence-electron chi connectivity index (χ1n) is 9.42. The van der Waals surface area contributed by atoms with E-state index in [1.165, 1.54) is 4.31 Å². The van der Waals surface area contributed by atoms with Crippen LogP contribution in [0.4, 0.5) is 0 Å². The number of aryl methyl sites for hydroxylation is 1. The molecule has 4 atom stereocenters. The summed E-state index contributed by atoms with van der Waals surface area (Å²) >= 11 is 0. The van der Waals surface area contributed by atoms with Crippen molar-refractivity contribution >= 4 is 16.0 Å². The van der Waals surface area contributed by atoms with E-state index in [1.54, 1.807) is 24.3 Å². The third kappa shape index (κ3) is 3.09. The minimum atomic E-state index is -3.68. The predicted molar refractivity (Wildman–Crippen MR) is 97.9 cm³/mol. The third-order valence-electron chi connectivity index (χ3n) is 5.96. The van der Waals surface area contributed by atoms with Crippen LogP contribution in [0.1, 0.15) is 37.7 Å². The highest BCUT2D eigenvalue weighted by Gasteiger charge is 2.44. The topological polar surface area (TPSA) is 63.7 Å². The Balaban J connectivity index is 1.50. The number of nitrogens with zero attached hydrogens (tertiary/aromatic N) is 1. The van der Waals surface area contributed by atoms with Crippen LogP contribution in [0.2, 0.25) is 0 Å². The second-order valence-corrected chi connectivity index (χ2v) is 9.53. The molecule has 0 amide bonds. The van der Waals surface area contributed by atoms with Gasteiger partial charge in [-0.05, 0) is 57.1 Å². The summed E-state index contributed by atoms with van der Waals surface area (Å²) in [4.78, 5) is 13.0. The number of carbonyl (C=O) groups is 1. The first-order valence-corrected chi connectivity index (χ1v) is 10.9. The molecule has 2 fully saturated rings. The number of ether oxygens (including phenoxy) is 1. The first-order chi connectivity index (χ1) is 12.5. The molecule has 1 aliphatic heterocycles. The molecule has 1 heterocycles. The maximum Gasteiger partial charge on any atom is 0.324 e. The number of benzene rings is 1. The van der Waals surface area contributed by atoms with Crippen LogP contribution in [0.3, 0.4) is 0 Å². The van der Waals surface area contributed by atoms with E-state index in [2.05, 4.69) is 12.2 Å². The van der Waals surface area contributed by atoms with Gasteiger partial charge in [0.15, 0.2) is 0 Å². The summed E-state index contributed by atoms with van der Waals surface area (Å²) in [6, 6.07) is 6.07. The van der Waals surface area contributed by atoms with E-state index >= 15 is 0 Å². The Bertz CT molecular complexity index is 815. The lowest BCUT2D eigenvalue weighted by Gasteiger charge is -2.25. The maximum atomic E-state index is 13.0. The van der Waals surface area contributed by atoms with Gasteiger partial charge in [0.05, 0.1) is 4.90 Å². The quantitative estimate of drug-likeness (QED) is 0.599. The van der Waals surface area contributed by atoms with Crippen LogP contribution in [0.15, 0.2) is 41.3 Å². The van der Waals surface area contributed by atoms with E-state index in [0.29, 0.717) is 31.2 Å². The van der Waals surface area contributed by atoms with Gasteiger partial charge in [0.25, 0.3) is 0 Å². The van der Waals surface area contributed by atoms with Crippen LogP contribution in [-0.2, 0) is 19.6 Å². The van der Waals surface area contributed by atoms with Crippen molar-refractivity contribution in [3.8, 4) is 0 Å². The lowest BCUT2D eigenvalue weighted by atomic mass is 9.99. The average Bonchev–Trinajstić information content (AvgIpc) is 3.33. The van der Waals surface area contributed by atoms with Crippen LogP contribution >= 0.6 is 0 Å². The molecule has 1 saturated carbocycles. The van der Waals surface area contributed by atoms with Gasteiger partial charge in [-0.25, -0.2) is 8.42 Å². The van der Waals surface area contributed by atoms with Gasteiger partial charge in [0.2, 0.25) is 10.0 Å². The number of sulfonamides is 1. The zero-order chi connectivity index (χ0) is 18.3. The summed E-state index contributed by atoms with van der Waals surface area (Å²) < 4.78 is 33.1. The maximum absolute atomic E-state index is 13.0. The van der Waals surface area contributed by atoms with Crippen LogP contribution < -0.4 is 0 Å². The number of esters is 1. The molecule has 0 aromatic heterocycles. The fraction of sp³-hybridized carbons (Fsp3) is 0.550. The predicted octanol–water partition coefficient (Wildman–Crippen LogP) is 3.05. The number of allylic oxidation sites excluding steroid dienone is 1. The normalized spacial score (nSPS) is 31.3. The Morgan fingerprint density at radius 1 is 1.15 bits per heavy atom. The molecule has 4 rings (SSSR count). The van der Waals surface area contributed by atoms with Crippen molar-refractivity contribution in [2.75, 3.05) is 6.54 Å². The monoisotopic (exact) mass is 375 g/mol. The molecule has 5 nitrogen and oxygen atoms in total. The van der Waals surface area contributed by atoms with Crippen LogP contribution in [0, 0.1) is 18.8 Å².